The lowest BCUT2D eigenvalue weighted by Crippen LogP contribution is -2.36. The maximum absolute atomic E-state index is 13.4. The Hall–Kier alpha value is -2.54. The number of piperidine rings is 1. The van der Waals surface area contributed by atoms with Gasteiger partial charge in [0, 0.05) is 19.2 Å². The van der Waals surface area contributed by atoms with Crippen molar-refractivity contribution in [3.63, 3.8) is 0 Å². The Morgan fingerprint density at radius 3 is 2.85 bits per heavy atom. The zero-order valence-corrected chi connectivity index (χ0v) is 14.7. The third kappa shape index (κ3) is 3.39. The molecule has 0 unspecified atom stereocenters. The zero-order valence-electron chi connectivity index (χ0n) is 14.7. The van der Waals surface area contributed by atoms with Gasteiger partial charge >= 0.3 is 0 Å². The number of benzene rings is 1. The molecule has 136 valence electrons. The summed E-state index contributed by atoms with van der Waals surface area (Å²) in [6.07, 6.45) is 5.17. The quantitative estimate of drug-likeness (QED) is 0.719. The molecule has 0 atom stereocenters. The predicted molar refractivity (Wildman–Crippen MR) is 95.2 cm³/mol. The van der Waals surface area contributed by atoms with Gasteiger partial charge in [-0.25, -0.2) is 14.4 Å². The van der Waals surface area contributed by atoms with E-state index in [1.165, 1.54) is 24.6 Å². The molecule has 1 aliphatic heterocycles. The van der Waals surface area contributed by atoms with Crippen LogP contribution in [0, 0.1) is 18.7 Å². The van der Waals surface area contributed by atoms with Gasteiger partial charge in [-0.05, 0) is 50.9 Å². The summed E-state index contributed by atoms with van der Waals surface area (Å²) in [4.78, 5) is 23.7. The summed E-state index contributed by atoms with van der Waals surface area (Å²) in [5.41, 5.74) is 1.28. The van der Waals surface area contributed by atoms with Crippen LogP contribution < -0.4 is 5.56 Å². The van der Waals surface area contributed by atoms with Gasteiger partial charge < -0.3 is 4.42 Å². The number of hydrogen-bond donors (Lipinski definition) is 0. The van der Waals surface area contributed by atoms with Gasteiger partial charge in [0.25, 0.3) is 5.56 Å². The Balaban J connectivity index is 1.46. The van der Waals surface area contributed by atoms with Crippen molar-refractivity contribution in [2.24, 2.45) is 5.92 Å². The molecular formula is C19H21FN4O2. The van der Waals surface area contributed by atoms with Crippen LogP contribution in [0.4, 0.5) is 4.39 Å². The average molecular weight is 356 g/mol. The van der Waals surface area contributed by atoms with Crippen LogP contribution in [0.1, 0.15) is 24.4 Å². The predicted octanol–water partition coefficient (Wildman–Crippen LogP) is 2.74. The van der Waals surface area contributed by atoms with Crippen molar-refractivity contribution in [3.05, 3.63) is 58.5 Å². The summed E-state index contributed by atoms with van der Waals surface area (Å²) in [6, 6.07) is 4.15. The van der Waals surface area contributed by atoms with Gasteiger partial charge in [-0.1, -0.05) is 0 Å². The van der Waals surface area contributed by atoms with E-state index in [2.05, 4.69) is 14.9 Å². The van der Waals surface area contributed by atoms with E-state index >= 15 is 0 Å². The third-order valence-corrected chi connectivity index (χ3v) is 5.13. The molecule has 0 radical (unpaired) electrons. The molecule has 1 aromatic carbocycles. The number of likely N-dealkylation sites (tertiary alicyclic amines) is 1. The Morgan fingerprint density at radius 1 is 1.31 bits per heavy atom. The molecule has 0 aliphatic carbocycles. The molecule has 1 aliphatic rings. The van der Waals surface area contributed by atoms with Gasteiger partial charge in [0.05, 0.1) is 16.6 Å². The number of nitrogens with zero attached hydrogens (tertiary/aromatic N) is 4. The first-order chi connectivity index (χ1) is 12.6. The van der Waals surface area contributed by atoms with E-state index in [-0.39, 0.29) is 11.4 Å². The first-order valence-electron chi connectivity index (χ1n) is 8.86. The van der Waals surface area contributed by atoms with E-state index in [1.54, 1.807) is 10.8 Å². The minimum atomic E-state index is -0.374. The van der Waals surface area contributed by atoms with Crippen LogP contribution in [0.3, 0.4) is 0 Å². The lowest BCUT2D eigenvalue weighted by Gasteiger charge is -2.31. The fraction of sp³-hybridized carbons (Fsp3) is 0.421. The van der Waals surface area contributed by atoms with Crippen LogP contribution in [-0.2, 0) is 13.1 Å². The van der Waals surface area contributed by atoms with Crippen molar-refractivity contribution in [3.8, 4) is 0 Å². The SMILES string of the molecule is Cc1nc2cc(F)ccc2c(=O)n1CC1CCN(Cc2cocn2)CC1. The van der Waals surface area contributed by atoms with Crippen molar-refractivity contribution in [1.29, 1.82) is 0 Å². The number of aryl methyl sites for hydroxylation is 1. The maximum Gasteiger partial charge on any atom is 0.261 e. The lowest BCUT2D eigenvalue weighted by molar-refractivity contribution is 0.164. The molecule has 3 aromatic rings. The lowest BCUT2D eigenvalue weighted by atomic mass is 9.96. The molecule has 6 nitrogen and oxygen atoms in total. The van der Waals surface area contributed by atoms with Crippen molar-refractivity contribution in [2.45, 2.75) is 32.9 Å². The number of oxazole rings is 1. The molecule has 1 fully saturated rings. The summed E-state index contributed by atoms with van der Waals surface area (Å²) < 4.78 is 20.1. The molecule has 4 rings (SSSR count). The second-order valence-corrected chi connectivity index (χ2v) is 6.94. The smallest absolute Gasteiger partial charge is 0.261 e. The summed E-state index contributed by atoms with van der Waals surface area (Å²) in [6.45, 7) is 5.20. The summed E-state index contributed by atoms with van der Waals surface area (Å²) in [5, 5.41) is 0.473. The molecule has 0 saturated carbocycles. The molecule has 0 N–H and O–H groups in total. The molecule has 7 heteroatoms. The topological polar surface area (TPSA) is 64.2 Å². The van der Waals surface area contributed by atoms with E-state index in [0.29, 0.717) is 29.2 Å². The van der Waals surface area contributed by atoms with Crippen molar-refractivity contribution < 1.29 is 8.81 Å². The molecule has 0 bridgehead atoms. The van der Waals surface area contributed by atoms with Gasteiger partial charge in [-0.15, -0.1) is 0 Å². The van der Waals surface area contributed by atoms with Crippen LogP contribution in [0.25, 0.3) is 10.9 Å². The molecule has 3 heterocycles. The molecule has 2 aromatic heterocycles. The zero-order chi connectivity index (χ0) is 18.1. The Morgan fingerprint density at radius 2 is 2.12 bits per heavy atom. The van der Waals surface area contributed by atoms with E-state index < -0.39 is 0 Å². The summed E-state index contributed by atoms with van der Waals surface area (Å²) in [5.74, 6) is 0.693. The molecule has 0 amide bonds. The first-order valence-corrected chi connectivity index (χ1v) is 8.86. The van der Waals surface area contributed by atoms with Gasteiger partial charge in [-0.3, -0.25) is 14.3 Å². The highest BCUT2D eigenvalue weighted by molar-refractivity contribution is 5.77. The Kier molecular flexibility index (Phi) is 4.55. The average Bonchev–Trinajstić information content (AvgIpc) is 3.13. The number of hydrogen-bond acceptors (Lipinski definition) is 5. The number of rotatable bonds is 4. The van der Waals surface area contributed by atoms with E-state index in [4.69, 9.17) is 4.42 Å². The summed E-state index contributed by atoms with van der Waals surface area (Å²) in [7, 11) is 0. The van der Waals surface area contributed by atoms with Crippen LogP contribution >= 0.6 is 0 Å². The highest BCUT2D eigenvalue weighted by atomic mass is 19.1. The largest absolute Gasteiger partial charge is 0.451 e. The van der Waals surface area contributed by atoms with E-state index in [1.807, 2.05) is 6.92 Å². The number of aromatic nitrogens is 3. The number of halogens is 1. The minimum absolute atomic E-state index is 0.0856. The van der Waals surface area contributed by atoms with Crippen LogP contribution in [0.5, 0.6) is 0 Å². The van der Waals surface area contributed by atoms with Crippen LogP contribution in [0.15, 0.2) is 40.1 Å². The second kappa shape index (κ2) is 6.99. The van der Waals surface area contributed by atoms with Crippen molar-refractivity contribution >= 4 is 10.9 Å². The highest BCUT2D eigenvalue weighted by Crippen LogP contribution is 2.21. The van der Waals surface area contributed by atoms with Gasteiger partial charge in [0.2, 0.25) is 0 Å². The van der Waals surface area contributed by atoms with E-state index in [9.17, 15) is 9.18 Å². The van der Waals surface area contributed by atoms with Gasteiger partial charge in [-0.2, -0.15) is 0 Å². The fourth-order valence-corrected chi connectivity index (χ4v) is 3.65. The molecule has 1 saturated heterocycles. The van der Waals surface area contributed by atoms with Crippen LogP contribution in [0.2, 0.25) is 0 Å². The Labute approximate surface area is 150 Å². The molecular weight excluding hydrogens is 335 g/mol. The number of fused-ring (bicyclic) bond motifs is 1. The van der Waals surface area contributed by atoms with Crippen molar-refractivity contribution in [1.82, 2.24) is 19.4 Å². The van der Waals surface area contributed by atoms with Crippen molar-refractivity contribution in [2.75, 3.05) is 13.1 Å². The molecule has 26 heavy (non-hydrogen) atoms. The standard InChI is InChI=1S/C19H21FN4O2/c1-13-22-18-8-15(20)2-3-17(18)19(25)24(13)9-14-4-6-23(7-5-14)10-16-11-26-12-21-16/h2-3,8,11-12,14H,4-7,9-10H2,1H3. The summed E-state index contributed by atoms with van der Waals surface area (Å²) >= 11 is 0. The highest BCUT2D eigenvalue weighted by Gasteiger charge is 2.21. The Bertz CT molecular complexity index is 960. The minimum Gasteiger partial charge on any atom is -0.451 e. The van der Waals surface area contributed by atoms with Gasteiger partial charge in [0.1, 0.15) is 17.9 Å². The monoisotopic (exact) mass is 356 g/mol. The fourth-order valence-electron chi connectivity index (χ4n) is 3.65. The first kappa shape index (κ1) is 16.9. The van der Waals surface area contributed by atoms with E-state index in [0.717, 1.165) is 38.2 Å². The maximum atomic E-state index is 13.4. The second-order valence-electron chi connectivity index (χ2n) is 6.94. The third-order valence-electron chi connectivity index (χ3n) is 5.13. The molecule has 0 spiro atoms. The van der Waals surface area contributed by atoms with Crippen LogP contribution in [-0.4, -0.2) is 32.5 Å². The van der Waals surface area contributed by atoms with Gasteiger partial charge in [0.15, 0.2) is 6.39 Å². The normalized spacial score (nSPS) is 16.4.